The topological polar surface area (TPSA) is 38.3 Å². The maximum absolute atomic E-state index is 11.6. The number of esters is 1. The van der Waals surface area contributed by atoms with E-state index in [0.717, 1.165) is 12.3 Å². The van der Waals surface area contributed by atoms with E-state index in [0.29, 0.717) is 12.6 Å². The largest absolute Gasteiger partial charge is 0.465 e. The van der Waals surface area contributed by atoms with Crippen molar-refractivity contribution >= 4 is 5.97 Å². The zero-order chi connectivity index (χ0) is 12.0. The van der Waals surface area contributed by atoms with Crippen LogP contribution in [0.5, 0.6) is 0 Å². The smallest absolute Gasteiger partial charge is 0.323 e. The van der Waals surface area contributed by atoms with Crippen LogP contribution in [0.25, 0.3) is 0 Å². The minimum atomic E-state index is -0.129. The first-order valence-electron chi connectivity index (χ1n) is 6.61. The molecule has 94 valence electrons. The van der Waals surface area contributed by atoms with E-state index in [-0.39, 0.29) is 12.0 Å². The summed E-state index contributed by atoms with van der Waals surface area (Å²) in [6.45, 7) is 6.54. The fourth-order valence-corrected chi connectivity index (χ4v) is 2.51. The van der Waals surface area contributed by atoms with Gasteiger partial charge < -0.3 is 10.1 Å². The molecule has 1 rings (SSSR count). The maximum atomic E-state index is 11.6. The van der Waals surface area contributed by atoms with Crippen LogP contribution in [-0.4, -0.2) is 24.7 Å². The Morgan fingerprint density at radius 1 is 1.38 bits per heavy atom. The number of carbonyl (C=O) groups excluding carboxylic acids is 1. The molecule has 0 spiro atoms. The highest BCUT2D eigenvalue weighted by molar-refractivity contribution is 5.75. The highest BCUT2D eigenvalue weighted by Crippen LogP contribution is 2.27. The van der Waals surface area contributed by atoms with Gasteiger partial charge in [-0.2, -0.15) is 0 Å². The third-order valence-electron chi connectivity index (χ3n) is 3.55. The molecule has 1 aliphatic carbocycles. The molecule has 0 heterocycles. The molecular weight excluding hydrogens is 202 g/mol. The average Bonchev–Trinajstić information content (AvgIpc) is 2.79. The summed E-state index contributed by atoms with van der Waals surface area (Å²) in [5, 5.41) is 3.42. The molecule has 0 aromatic carbocycles. The molecular formula is C13H25NO2. The van der Waals surface area contributed by atoms with Gasteiger partial charge in [-0.25, -0.2) is 0 Å². The predicted molar refractivity (Wildman–Crippen MR) is 65.3 cm³/mol. The Morgan fingerprint density at radius 3 is 2.50 bits per heavy atom. The molecule has 1 fully saturated rings. The van der Waals surface area contributed by atoms with E-state index in [1.165, 1.54) is 25.7 Å². The fraction of sp³-hybridized carbons (Fsp3) is 0.923. The molecule has 3 nitrogen and oxygen atoms in total. The zero-order valence-electron chi connectivity index (χ0n) is 10.8. The summed E-state index contributed by atoms with van der Waals surface area (Å²) in [5.74, 6) is 0.637. The summed E-state index contributed by atoms with van der Waals surface area (Å²) >= 11 is 0. The van der Waals surface area contributed by atoms with Crippen LogP contribution in [0.3, 0.4) is 0 Å². The first-order valence-corrected chi connectivity index (χ1v) is 6.61. The lowest BCUT2D eigenvalue weighted by molar-refractivity contribution is -0.146. The van der Waals surface area contributed by atoms with E-state index in [2.05, 4.69) is 12.2 Å². The molecule has 0 aliphatic heterocycles. The van der Waals surface area contributed by atoms with Gasteiger partial charge in [0.15, 0.2) is 0 Å². The zero-order valence-corrected chi connectivity index (χ0v) is 10.8. The Morgan fingerprint density at radius 2 is 2.00 bits per heavy atom. The van der Waals surface area contributed by atoms with Crippen molar-refractivity contribution in [1.82, 2.24) is 5.32 Å². The van der Waals surface area contributed by atoms with Crippen molar-refractivity contribution in [3.05, 3.63) is 0 Å². The lowest BCUT2D eigenvalue weighted by Gasteiger charge is -2.25. The van der Waals surface area contributed by atoms with Gasteiger partial charge in [-0.05, 0) is 39.0 Å². The van der Waals surface area contributed by atoms with Crippen LogP contribution in [0.1, 0.15) is 52.9 Å². The average molecular weight is 227 g/mol. The van der Waals surface area contributed by atoms with Crippen molar-refractivity contribution in [3.63, 3.8) is 0 Å². The van der Waals surface area contributed by atoms with Crippen molar-refractivity contribution in [2.45, 2.75) is 65.0 Å². The molecule has 1 saturated carbocycles. The summed E-state index contributed by atoms with van der Waals surface area (Å²) in [5.41, 5.74) is 0. The minimum absolute atomic E-state index is 0.102. The Labute approximate surface area is 98.9 Å². The second-order valence-electron chi connectivity index (χ2n) is 4.71. The van der Waals surface area contributed by atoms with Gasteiger partial charge in [0.1, 0.15) is 6.04 Å². The van der Waals surface area contributed by atoms with Crippen LogP contribution in [0, 0.1) is 5.92 Å². The molecule has 16 heavy (non-hydrogen) atoms. The first kappa shape index (κ1) is 13.5. The van der Waals surface area contributed by atoms with Crippen molar-refractivity contribution in [3.8, 4) is 0 Å². The molecule has 0 radical (unpaired) electrons. The van der Waals surface area contributed by atoms with E-state index in [9.17, 15) is 4.79 Å². The van der Waals surface area contributed by atoms with Crippen LogP contribution in [0.15, 0.2) is 0 Å². The molecule has 0 amide bonds. The number of rotatable bonds is 6. The number of hydrogen-bond donors (Lipinski definition) is 1. The van der Waals surface area contributed by atoms with E-state index >= 15 is 0 Å². The highest BCUT2D eigenvalue weighted by Gasteiger charge is 2.26. The molecule has 1 N–H and O–H groups in total. The maximum Gasteiger partial charge on any atom is 0.323 e. The fourth-order valence-electron chi connectivity index (χ4n) is 2.51. The minimum Gasteiger partial charge on any atom is -0.465 e. The van der Waals surface area contributed by atoms with Crippen molar-refractivity contribution in [2.75, 3.05) is 6.61 Å². The second kappa shape index (κ2) is 6.89. The number of hydrogen-bond acceptors (Lipinski definition) is 3. The van der Waals surface area contributed by atoms with Crippen LogP contribution in [0.4, 0.5) is 0 Å². The lowest BCUT2D eigenvalue weighted by Crippen LogP contribution is -2.45. The van der Waals surface area contributed by atoms with E-state index in [1.54, 1.807) is 0 Å². The monoisotopic (exact) mass is 227 g/mol. The molecule has 0 aromatic rings. The van der Waals surface area contributed by atoms with Gasteiger partial charge in [0.05, 0.1) is 6.61 Å². The molecule has 0 bridgehead atoms. The van der Waals surface area contributed by atoms with Crippen LogP contribution >= 0.6 is 0 Å². The molecule has 1 aliphatic rings. The summed E-state index contributed by atoms with van der Waals surface area (Å²) in [4.78, 5) is 11.6. The molecule has 2 atom stereocenters. The molecule has 1 unspecified atom stereocenters. The SMILES string of the molecule is CCOC(=O)C(CC)N[C@@H](C)C1CCCC1. The van der Waals surface area contributed by atoms with Gasteiger partial charge in [0.2, 0.25) is 0 Å². The van der Waals surface area contributed by atoms with Gasteiger partial charge >= 0.3 is 5.97 Å². The van der Waals surface area contributed by atoms with E-state index in [4.69, 9.17) is 4.74 Å². The predicted octanol–water partition coefficient (Wildman–Crippen LogP) is 2.50. The van der Waals surface area contributed by atoms with Crippen molar-refractivity contribution in [1.29, 1.82) is 0 Å². The molecule has 3 heteroatoms. The summed E-state index contributed by atoms with van der Waals surface area (Å²) in [6, 6.07) is 0.299. The third kappa shape index (κ3) is 3.78. The highest BCUT2D eigenvalue weighted by atomic mass is 16.5. The summed E-state index contributed by atoms with van der Waals surface area (Å²) in [6.07, 6.45) is 6.08. The van der Waals surface area contributed by atoms with Crippen molar-refractivity contribution < 1.29 is 9.53 Å². The summed E-state index contributed by atoms with van der Waals surface area (Å²) in [7, 11) is 0. The lowest BCUT2D eigenvalue weighted by atomic mass is 9.98. The molecule has 0 saturated heterocycles. The van der Waals surface area contributed by atoms with Crippen LogP contribution in [-0.2, 0) is 9.53 Å². The Hall–Kier alpha value is -0.570. The standard InChI is InChI=1S/C13H25NO2/c1-4-12(13(15)16-5-2)14-10(3)11-8-6-7-9-11/h10-12,14H,4-9H2,1-3H3/t10-,12?/m0/s1. The quantitative estimate of drug-likeness (QED) is 0.708. The summed E-state index contributed by atoms with van der Waals surface area (Å²) < 4.78 is 5.06. The van der Waals surface area contributed by atoms with Gasteiger partial charge in [0, 0.05) is 6.04 Å². The van der Waals surface area contributed by atoms with Crippen LogP contribution < -0.4 is 5.32 Å². The Bertz CT molecular complexity index is 212. The Balaban J connectivity index is 2.39. The van der Waals surface area contributed by atoms with Crippen LogP contribution in [0.2, 0.25) is 0 Å². The number of carbonyl (C=O) groups is 1. The van der Waals surface area contributed by atoms with E-state index < -0.39 is 0 Å². The van der Waals surface area contributed by atoms with Gasteiger partial charge in [0.25, 0.3) is 0 Å². The van der Waals surface area contributed by atoms with Gasteiger partial charge in [-0.1, -0.05) is 19.8 Å². The molecule has 0 aromatic heterocycles. The normalized spacial score (nSPS) is 20.7. The van der Waals surface area contributed by atoms with E-state index in [1.807, 2.05) is 13.8 Å². The first-order chi connectivity index (χ1) is 7.69. The van der Waals surface area contributed by atoms with Gasteiger partial charge in [-0.15, -0.1) is 0 Å². The third-order valence-corrected chi connectivity index (χ3v) is 3.55. The second-order valence-corrected chi connectivity index (χ2v) is 4.71. The number of nitrogens with one attached hydrogen (secondary N) is 1. The number of ether oxygens (including phenoxy) is 1. The van der Waals surface area contributed by atoms with Gasteiger partial charge in [-0.3, -0.25) is 4.79 Å². The van der Waals surface area contributed by atoms with Crippen molar-refractivity contribution in [2.24, 2.45) is 5.92 Å². The Kier molecular flexibility index (Phi) is 5.81.